The van der Waals surface area contributed by atoms with Crippen LogP contribution in [0.1, 0.15) is 29.9 Å². The minimum absolute atomic E-state index is 0.0331. The van der Waals surface area contributed by atoms with Crippen molar-refractivity contribution in [1.82, 2.24) is 0 Å². The first-order valence-electron chi connectivity index (χ1n) is 6.02. The number of halogens is 3. The molecular weight excluding hydrogens is 329 g/mol. The van der Waals surface area contributed by atoms with E-state index in [1.54, 1.807) is 6.92 Å². The van der Waals surface area contributed by atoms with Crippen LogP contribution in [0.2, 0.25) is 0 Å². The quantitative estimate of drug-likeness (QED) is 0.775. The maximum absolute atomic E-state index is 12.3. The van der Waals surface area contributed by atoms with Gasteiger partial charge in [-0.2, -0.15) is 13.2 Å². The second-order valence-electron chi connectivity index (χ2n) is 4.15. The number of carbonyl (C=O) groups excluding carboxylic acids is 1. The highest BCUT2D eigenvalue weighted by Gasteiger charge is 2.32. The molecule has 0 spiro atoms. The second kappa shape index (κ2) is 6.22. The van der Waals surface area contributed by atoms with Gasteiger partial charge in [0.1, 0.15) is 16.4 Å². The average Bonchev–Trinajstić information content (AvgIpc) is 2.72. The number of nitrogens with two attached hydrogens (primary N) is 1. The van der Waals surface area contributed by atoms with Gasteiger partial charge < -0.3 is 11.1 Å². The van der Waals surface area contributed by atoms with Crippen LogP contribution in [-0.2, 0) is 9.84 Å². The van der Waals surface area contributed by atoms with Crippen LogP contribution in [0.25, 0.3) is 0 Å². The maximum Gasteiger partial charge on any atom is 0.405 e. The van der Waals surface area contributed by atoms with Gasteiger partial charge >= 0.3 is 6.18 Å². The topological polar surface area (TPSA) is 89.3 Å². The van der Waals surface area contributed by atoms with Crippen molar-refractivity contribution in [2.24, 2.45) is 0 Å². The maximum atomic E-state index is 12.3. The summed E-state index contributed by atoms with van der Waals surface area (Å²) in [6.45, 7) is 1.50. The van der Waals surface area contributed by atoms with Gasteiger partial charge in [0.25, 0.3) is 0 Å². The van der Waals surface area contributed by atoms with Crippen molar-refractivity contribution in [2.75, 3.05) is 23.3 Å². The first-order chi connectivity index (χ1) is 9.53. The number of anilines is 2. The summed E-state index contributed by atoms with van der Waals surface area (Å²) in [6.07, 6.45) is -4.43. The van der Waals surface area contributed by atoms with Gasteiger partial charge in [-0.3, -0.25) is 4.79 Å². The number of ketones is 1. The summed E-state index contributed by atoms with van der Waals surface area (Å²) < 4.78 is 60.8. The fourth-order valence-electron chi connectivity index (χ4n) is 1.55. The monoisotopic (exact) mass is 344 g/mol. The molecule has 0 aliphatic carbocycles. The van der Waals surface area contributed by atoms with Crippen LogP contribution in [0.4, 0.5) is 23.9 Å². The zero-order valence-electron chi connectivity index (χ0n) is 11.4. The van der Waals surface area contributed by atoms with Gasteiger partial charge in [-0.15, -0.1) is 11.3 Å². The molecular formula is C11H15F3N2O3S2. The zero-order valence-corrected chi connectivity index (χ0v) is 13.0. The van der Waals surface area contributed by atoms with Gasteiger partial charge in [0.05, 0.1) is 16.3 Å². The molecule has 0 unspecified atom stereocenters. The van der Waals surface area contributed by atoms with Crippen LogP contribution < -0.4 is 11.1 Å². The molecule has 120 valence electrons. The molecule has 10 heteroatoms. The van der Waals surface area contributed by atoms with Crippen LogP contribution in [-0.4, -0.2) is 32.7 Å². The van der Waals surface area contributed by atoms with E-state index >= 15 is 0 Å². The predicted molar refractivity (Wildman–Crippen MR) is 75.6 cm³/mol. The summed E-state index contributed by atoms with van der Waals surface area (Å²) in [4.78, 5) is 11.2. The molecule has 0 saturated heterocycles. The van der Waals surface area contributed by atoms with E-state index in [0.717, 1.165) is 0 Å². The number of Topliss-reactive ketones (excluding diaryl/α,β-unsaturated/α-hetero) is 1. The number of rotatable bonds is 6. The van der Waals surface area contributed by atoms with Crippen molar-refractivity contribution in [3.05, 3.63) is 4.88 Å². The molecule has 21 heavy (non-hydrogen) atoms. The first-order valence-corrected chi connectivity index (χ1v) is 8.49. The molecule has 0 amide bonds. The molecule has 0 aromatic carbocycles. The average molecular weight is 344 g/mol. The fraction of sp³-hybridized carbons (Fsp3) is 0.545. The number of nitrogen functional groups attached to an aromatic ring is 1. The third kappa shape index (κ3) is 4.10. The number of hydrogen-bond donors (Lipinski definition) is 2. The van der Waals surface area contributed by atoms with Crippen LogP contribution in [0.3, 0.4) is 0 Å². The van der Waals surface area contributed by atoms with E-state index in [-0.39, 0.29) is 27.7 Å². The molecule has 0 aliphatic rings. The lowest BCUT2D eigenvalue weighted by Crippen LogP contribution is -2.22. The van der Waals surface area contributed by atoms with Crippen LogP contribution in [0.5, 0.6) is 0 Å². The molecule has 1 aromatic rings. The van der Waals surface area contributed by atoms with E-state index in [9.17, 15) is 26.4 Å². The highest BCUT2D eigenvalue weighted by atomic mass is 32.2. The number of sulfone groups is 1. The Morgan fingerprint density at radius 2 is 1.90 bits per heavy atom. The smallest absolute Gasteiger partial charge is 0.396 e. The van der Waals surface area contributed by atoms with Gasteiger partial charge in [0, 0.05) is 6.42 Å². The summed E-state index contributed by atoms with van der Waals surface area (Å²) >= 11 is 0.637. The Kier molecular flexibility index (Phi) is 5.26. The Balaban J connectivity index is 3.37. The minimum atomic E-state index is -4.51. The normalized spacial score (nSPS) is 12.4. The van der Waals surface area contributed by atoms with E-state index in [4.69, 9.17) is 5.73 Å². The molecule has 5 nitrogen and oxygen atoms in total. The van der Waals surface area contributed by atoms with Gasteiger partial charge in [-0.05, 0) is 0 Å². The van der Waals surface area contributed by atoms with E-state index in [1.165, 1.54) is 6.92 Å². The lowest BCUT2D eigenvalue weighted by Gasteiger charge is -2.10. The van der Waals surface area contributed by atoms with Crippen molar-refractivity contribution >= 4 is 37.6 Å². The van der Waals surface area contributed by atoms with E-state index in [1.807, 2.05) is 5.32 Å². The Labute approximate surface area is 124 Å². The fourth-order valence-corrected chi connectivity index (χ4v) is 4.22. The van der Waals surface area contributed by atoms with E-state index in [0.29, 0.717) is 11.3 Å². The Morgan fingerprint density at radius 3 is 2.33 bits per heavy atom. The summed E-state index contributed by atoms with van der Waals surface area (Å²) in [5, 5.41) is 1.77. The van der Waals surface area contributed by atoms with Crippen molar-refractivity contribution < 1.29 is 26.4 Å². The number of alkyl halides is 3. The molecule has 3 N–H and O–H groups in total. The number of thiophene rings is 1. The molecule has 1 rings (SSSR count). The highest BCUT2D eigenvalue weighted by molar-refractivity contribution is 7.91. The van der Waals surface area contributed by atoms with E-state index in [2.05, 4.69) is 0 Å². The number of nitrogens with one attached hydrogen (secondary N) is 1. The minimum Gasteiger partial charge on any atom is -0.396 e. The van der Waals surface area contributed by atoms with Gasteiger partial charge in [0.2, 0.25) is 0 Å². The third-order valence-corrected chi connectivity index (χ3v) is 5.75. The third-order valence-electron chi connectivity index (χ3n) is 2.61. The molecule has 0 radical (unpaired) electrons. The van der Waals surface area contributed by atoms with Crippen LogP contribution in [0, 0.1) is 0 Å². The molecule has 0 bridgehead atoms. The van der Waals surface area contributed by atoms with Gasteiger partial charge in [-0.1, -0.05) is 13.8 Å². The summed E-state index contributed by atoms with van der Waals surface area (Å²) in [6, 6.07) is 0. The summed E-state index contributed by atoms with van der Waals surface area (Å²) in [7, 11) is -3.84. The second-order valence-corrected chi connectivity index (χ2v) is 7.39. The number of hydrogen-bond acceptors (Lipinski definition) is 6. The molecule has 1 aromatic heterocycles. The van der Waals surface area contributed by atoms with Crippen molar-refractivity contribution in [2.45, 2.75) is 31.3 Å². The number of carbonyl (C=O) groups is 1. The summed E-state index contributed by atoms with van der Waals surface area (Å²) in [5.41, 5.74) is 5.39. The largest absolute Gasteiger partial charge is 0.405 e. The van der Waals surface area contributed by atoms with Crippen molar-refractivity contribution in [3.8, 4) is 0 Å². The summed E-state index contributed by atoms with van der Waals surface area (Å²) in [5.74, 6) is -0.737. The Bertz CT molecular complexity index is 636. The van der Waals surface area contributed by atoms with Crippen molar-refractivity contribution in [1.29, 1.82) is 0 Å². The molecule has 0 fully saturated rings. The van der Waals surface area contributed by atoms with E-state index < -0.39 is 33.2 Å². The van der Waals surface area contributed by atoms with Crippen LogP contribution >= 0.6 is 11.3 Å². The van der Waals surface area contributed by atoms with Crippen molar-refractivity contribution in [3.63, 3.8) is 0 Å². The lowest BCUT2D eigenvalue weighted by molar-refractivity contribution is -0.115. The Morgan fingerprint density at radius 1 is 1.33 bits per heavy atom. The van der Waals surface area contributed by atoms with Gasteiger partial charge in [-0.25, -0.2) is 8.42 Å². The predicted octanol–water partition coefficient (Wildman–Crippen LogP) is 2.69. The zero-order chi connectivity index (χ0) is 16.4. The lowest BCUT2D eigenvalue weighted by atomic mass is 10.2. The van der Waals surface area contributed by atoms with Gasteiger partial charge in [0.15, 0.2) is 15.6 Å². The standard InChI is InChI=1S/C11H15F3N2O3S2/c1-3-6(17)8-7(15)9(21(18,19)4-2)10(20-8)16-5-11(12,13)14/h16H,3-5,15H2,1-2H3. The molecule has 0 atom stereocenters. The Hall–Kier alpha value is -1.29. The molecule has 0 saturated carbocycles. The first kappa shape index (κ1) is 17.8. The van der Waals surface area contributed by atoms with Crippen LogP contribution in [0.15, 0.2) is 4.90 Å². The molecule has 1 heterocycles. The SMILES string of the molecule is CCC(=O)c1sc(NCC(F)(F)F)c(S(=O)(=O)CC)c1N. The molecule has 0 aliphatic heterocycles. The highest BCUT2D eigenvalue weighted by Crippen LogP contribution is 2.40.